The highest BCUT2D eigenvalue weighted by Crippen LogP contribution is 2.47. The van der Waals surface area contributed by atoms with E-state index in [9.17, 15) is 0 Å². The molecule has 0 bridgehead atoms. The predicted molar refractivity (Wildman–Crippen MR) is 93.0 cm³/mol. The Labute approximate surface area is 141 Å². The Morgan fingerprint density at radius 1 is 1.33 bits per heavy atom. The summed E-state index contributed by atoms with van der Waals surface area (Å²) in [4.78, 5) is 13.2. The molecular weight excluding hydrogens is 306 g/mol. The third kappa shape index (κ3) is 4.94. The van der Waals surface area contributed by atoms with Crippen LogP contribution in [0.15, 0.2) is 42.6 Å². The van der Waals surface area contributed by atoms with Crippen LogP contribution in [0, 0.1) is 0 Å². The molecule has 7 heteroatoms. The average Bonchev–Trinajstić information content (AvgIpc) is 3.45. The molecule has 0 spiro atoms. The highest BCUT2D eigenvalue weighted by molar-refractivity contribution is 5.62. The summed E-state index contributed by atoms with van der Waals surface area (Å²) >= 11 is 0. The van der Waals surface area contributed by atoms with E-state index in [0.29, 0.717) is 18.9 Å². The zero-order valence-electron chi connectivity index (χ0n) is 13.7. The number of carbonyl (C=O) groups excluding carboxylic acids is 1. The third-order valence-corrected chi connectivity index (χ3v) is 3.58. The zero-order chi connectivity index (χ0) is 17.4. The van der Waals surface area contributed by atoms with E-state index in [1.54, 1.807) is 16.6 Å². The largest absolute Gasteiger partial charge is 0.485 e. The van der Waals surface area contributed by atoms with E-state index in [1.807, 2.05) is 37.4 Å². The van der Waals surface area contributed by atoms with E-state index < -0.39 is 0 Å². The number of ether oxygens (including phenoxy) is 1. The normalized spacial score (nSPS) is 12.6. The van der Waals surface area contributed by atoms with Crippen LogP contribution in [-0.4, -0.2) is 18.4 Å². The number of para-hydroxylation sites is 1. The van der Waals surface area contributed by atoms with Gasteiger partial charge in [0.15, 0.2) is 0 Å². The standard InChI is InChI=1S/C16H19N3O.CH4N2O/c1-19(17)15-7-4-6-14(12-8-9-12)16(15)20-11-13-5-2-3-10-18-13;2-3-1-4/h2-7,10,12H,8-9,11,17H2,1H3;1H,2H2,(H,3,4). The zero-order valence-corrected chi connectivity index (χ0v) is 13.7. The summed E-state index contributed by atoms with van der Waals surface area (Å²) in [5, 5.41) is 1.61. The van der Waals surface area contributed by atoms with Crippen LogP contribution in [0.2, 0.25) is 0 Å². The number of carbonyl (C=O) groups is 1. The molecule has 3 rings (SSSR count). The maximum atomic E-state index is 8.94. The molecule has 2 aromatic rings. The number of benzene rings is 1. The number of anilines is 1. The summed E-state index contributed by atoms with van der Waals surface area (Å²) in [5.41, 5.74) is 4.85. The van der Waals surface area contributed by atoms with Crippen LogP contribution in [0.5, 0.6) is 5.75 Å². The van der Waals surface area contributed by atoms with Gasteiger partial charge in [0.2, 0.25) is 6.41 Å². The molecule has 1 aliphatic carbocycles. The van der Waals surface area contributed by atoms with Gasteiger partial charge in [-0.25, -0.2) is 11.7 Å². The monoisotopic (exact) mass is 329 g/mol. The van der Waals surface area contributed by atoms with Crippen molar-refractivity contribution in [1.82, 2.24) is 10.4 Å². The van der Waals surface area contributed by atoms with Crippen molar-refractivity contribution in [3.63, 3.8) is 0 Å². The number of nitrogens with two attached hydrogens (primary N) is 2. The van der Waals surface area contributed by atoms with Gasteiger partial charge in [-0.05, 0) is 42.5 Å². The van der Waals surface area contributed by atoms with Crippen LogP contribution in [0.3, 0.4) is 0 Å². The van der Waals surface area contributed by atoms with Crippen LogP contribution < -0.4 is 26.9 Å². The van der Waals surface area contributed by atoms with Crippen molar-refractivity contribution in [2.75, 3.05) is 12.1 Å². The minimum Gasteiger partial charge on any atom is -0.485 e. The van der Waals surface area contributed by atoms with Gasteiger partial charge in [0.25, 0.3) is 0 Å². The Kier molecular flexibility index (Phi) is 6.53. The third-order valence-electron chi connectivity index (χ3n) is 3.58. The van der Waals surface area contributed by atoms with E-state index >= 15 is 0 Å². The van der Waals surface area contributed by atoms with Crippen LogP contribution in [0.4, 0.5) is 5.69 Å². The minimum atomic E-state index is 0.403. The smallest absolute Gasteiger partial charge is 0.221 e. The van der Waals surface area contributed by atoms with Gasteiger partial charge in [0.1, 0.15) is 12.4 Å². The maximum Gasteiger partial charge on any atom is 0.221 e. The lowest BCUT2D eigenvalue weighted by atomic mass is 10.1. The summed E-state index contributed by atoms with van der Waals surface area (Å²) in [7, 11) is 1.83. The first kappa shape index (κ1) is 17.7. The molecule has 1 aliphatic rings. The first-order valence-corrected chi connectivity index (χ1v) is 7.71. The molecule has 0 atom stereocenters. The summed E-state index contributed by atoms with van der Waals surface area (Å²) in [6, 6.07) is 12.0. The van der Waals surface area contributed by atoms with E-state index in [0.717, 1.165) is 17.1 Å². The van der Waals surface area contributed by atoms with Crippen molar-refractivity contribution in [3.8, 4) is 5.75 Å². The van der Waals surface area contributed by atoms with Crippen molar-refractivity contribution >= 4 is 12.1 Å². The summed E-state index contributed by atoms with van der Waals surface area (Å²) in [6.07, 6.45) is 4.65. The number of hydrogen-bond donors (Lipinski definition) is 3. The molecule has 0 saturated heterocycles. The number of aromatic nitrogens is 1. The van der Waals surface area contributed by atoms with Crippen LogP contribution in [-0.2, 0) is 11.4 Å². The fraction of sp³-hybridized carbons (Fsp3) is 0.294. The second-order valence-electron chi connectivity index (χ2n) is 5.47. The number of rotatable bonds is 6. The second kappa shape index (κ2) is 8.85. The SMILES string of the molecule is CN(N)c1cccc(C2CC2)c1OCc1ccccn1.NNC=O. The average molecular weight is 329 g/mol. The topological polar surface area (TPSA) is 106 Å². The van der Waals surface area contributed by atoms with Gasteiger partial charge in [0.05, 0.1) is 11.4 Å². The number of amides is 1. The second-order valence-corrected chi connectivity index (χ2v) is 5.47. The van der Waals surface area contributed by atoms with Gasteiger partial charge >= 0.3 is 0 Å². The fourth-order valence-electron chi connectivity index (χ4n) is 2.32. The minimum absolute atomic E-state index is 0.403. The van der Waals surface area contributed by atoms with Crippen molar-refractivity contribution in [1.29, 1.82) is 0 Å². The summed E-state index contributed by atoms with van der Waals surface area (Å²) in [5.74, 6) is 11.8. The Morgan fingerprint density at radius 2 is 2.08 bits per heavy atom. The maximum absolute atomic E-state index is 8.94. The van der Waals surface area contributed by atoms with Gasteiger partial charge in [-0.3, -0.25) is 15.2 Å². The van der Waals surface area contributed by atoms with Gasteiger partial charge in [-0.2, -0.15) is 0 Å². The van der Waals surface area contributed by atoms with Gasteiger partial charge in [0, 0.05) is 13.2 Å². The highest BCUT2D eigenvalue weighted by atomic mass is 16.5. The molecule has 1 heterocycles. The first-order valence-electron chi connectivity index (χ1n) is 7.71. The summed E-state index contributed by atoms with van der Waals surface area (Å²) < 4.78 is 6.03. The Morgan fingerprint density at radius 3 is 2.62 bits per heavy atom. The molecule has 1 aromatic heterocycles. The predicted octanol–water partition coefficient (Wildman–Crippen LogP) is 1.45. The number of pyridine rings is 1. The molecular formula is C17H23N5O2. The molecule has 0 radical (unpaired) electrons. The molecule has 1 fully saturated rings. The van der Waals surface area contributed by atoms with E-state index in [-0.39, 0.29) is 0 Å². The quantitative estimate of drug-likeness (QED) is 0.320. The summed E-state index contributed by atoms with van der Waals surface area (Å²) in [6.45, 7) is 0.464. The van der Waals surface area contributed by atoms with Gasteiger partial charge in [-0.15, -0.1) is 0 Å². The Bertz CT molecular complexity index is 624. The molecule has 5 N–H and O–H groups in total. The van der Waals surface area contributed by atoms with Crippen LogP contribution in [0.25, 0.3) is 0 Å². The molecule has 1 saturated carbocycles. The number of nitrogens with zero attached hydrogens (tertiary/aromatic N) is 2. The number of nitrogens with one attached hydrogen (secondary N) is 1. The highest BCUT2D eigenvalue weighted by Gasteiger charge is 2.28. The Hall–Kier alpha value is -2.64. The lowest BCUT2D eigenvalue weighted by Gasteiger charge is -2.20. The molecule has 7 nitrogen and oxygen atoms in total. The van der Waals surface area contributed by atoms with Crippen molar-refractivity contribution < 1.29 is 9.53 Å². The van der Waals surface area contributed by atoms with E-state index in [2.05, 4.69) is 16.9 Å². The van der Waals surface area contributed by atoms with Crippen molar-refractivity contribution in [2.45, 2.75) is 25.4 Å². The lowest BCUT2D eigenvalue weighted by Crippen LogP contribution is -2.26. The number of hydrogen-bond acceptors (Lipinski definition) is 6. The van der Waals surface area contributed by atoms with Gasteiger partial charge in [-0.1, -0.05) is 18.2 Å². The fourth-order valence-corrected chi connectivity index (χ4v) is 2.32. The van der Waals surface area contributed by atoms with Gasteiger partial charge < -0.3 is 9.75 Å². The van der Waals surface area contributed by atoms with E-state index in [4.69, 9.17) is 15.4 Å². The van der Waals surface area contributed by atoms with Crippen molar-refractivity contribution in [3.05, 3.63) is 53.9 Å². The molecule has 128 valence electrons. The van der Waals surface area contributed by atoms with Crippen molar-refractivity contribution in [2.24, 2.45) is 11.7 Å². The molecule has 24 heavy (non-hydrogen) atoms. The van der Waals surface area contributed by atoms with E-state index in [1.165, 1.54) is 18.4 Å². The molecule has 0 unspecified atom stereocenters. The lowest BCUT2D eigenvalue weighted by molar-refractivity contribution is -0.109. The first-order chi connectivity index (χ1) is 11.7. The Balaban J connectivity index is 0.000000471. The molecule has 1 amide bonds. The van der Waals surface area contributed by atoms with Crippen LogP contribution >= 0.6 is 0 Å². The molecule has 1 aromatic carbocycles. The molecule has 0 aliphatic heterocycles. The van der Waals surface area contributed by atoms with Crippen LogP contribution in [0.1, 0.15) is 30.0 Å². The number of hydrazine groups is 2.